The number of rotatable bonds is 24. The van der Waals surface area contributed by atoms with Crippen LogP contribution in [0.25, 0.3) is 0 Å². The molecule has 2 bridgehead atoms. The summed E-state index contributed by atoms with van der Waals surface area (Å²) in [4.78, 5) is 59.8. The lowest BCUT2D eigenvalue weighted by Gasteiger charge is -2.46. The van der Waals surface area contributed by atoms with Gasteiger partial charge in [-0.3, -0.25) is 19.7 Å². The van der Waals surface area contributed by atoms with E-state index in [4.69, 9.17) is 61.7 Å². The van der Waals surface area contributed by atoms with E-state index in [1.165, 1.54) is 67.2 Å². The number of ketones is 1. The number of nitrogens with one attached hydrogen (secondary N) is 3. The zero-order valence-corrected chi connectivity index (χ0v) is 58.5. The van der Waals surface area contributed by atoms with E-state index in [2.05, 4.69) is 39.8 Å². The Morgan fingerprint density at radius 2 is 1.55 bits per heavy atom. The highest BCUT2D eigenvalue weighted by atomic mass is 127. The van der Waals surface area contributed by atoms with Gasteiger partial charge in [-0.1, -0.05) is 82.2 Å². The third-order valence-corrected chi connectivity index (χ3v) is 22.5. The van der Waals surface area contributed by atoms with Crippen LogP contribution in [0.15, 0.2) is 59.3 Å². The number of carboxylic acids is 1. The van der Waals surface area contributed by atoms with Gasteiger partial charge in [0.15, 0.2) is 41.8 Å². The van der Waals surface area contributed by atoms with Gasteiger partial charge in [0.05, 0.1) is 103 Å². The second kappa shape index (κ2) is 33.3. The zero-order chi connectivity index (χ0) is 68.5. The summed E-state index contributed by atoms with van der Waals surface area (Å²) in [6.45, 7) is 13.2. The number of hydroxylamine groups is 1. The number of allylic oxidation sites excluding steroid dienone is 3. The van der Waals surface area contributed by atoms with Crippen molar-refractivity contribution in [2.45, 2.75) is 188 Å². The van der Waals surface area contributed by atoms with Gasteiger partial charge < -0.3 is 92.8 Å². The maximum atomic E-state index is 14.5. The van der Waals surface area contributed by atoms with Gasteiger partial charge in [-0.15, -0.1) is 0 Å². The standard InChI is InChI=1S/C64H82IN3O23S3/c1-13-66-37-29-84-42(27-41(37)79-8)89-55-50(72)47(68-91-43-26-38(69)57(33(5)85-43)93-59(76)44-30(2)46(65)53(56(82-11)52(44)80-9)90-60-51(73)54(81-10)49(71)32(4)87-60)31(3)86-61(55)88-40-18-16-14-15-17-24-64(78)28-39(70)48(67-62(77)83-12)45(40)36(64)23-25-92-94-63(6,7)35-21-19-34(20-22-35)58(74)75/h14-15,19-23,31-33,37-38,40-43,47,49-51,54-55,57,60-61,66,68-69,71-73,78H,13,25-29H2,1-12H3,(H,67,77)(H,74,75)/b15-14?,36-23+/t31-,32+,33-,37+,38+,40+,41+,42+,43+,47-,49+,50+,51-,54-,55-,57-,60+,61+,64+/m1/s1. The molecule has 94 heavy (non-hydrogen) atoms. The average molecular weight is 1480 g/mol. The smallest absolute Gasteiger partial charge is 0.411 e. The Morgan fingerprint density at radius 3 is 2.20 bits per heavy atom. The Morgan fingerprint density at radius 1 is 0.851 bits per heavy atom. The number of methoxy groups -OCH3 is 5. The summed E-state index contributed by atoms with van der Waals surface area (Å²) >= 11 is 2.81. The molecular formula is C64H82IN3O23S3. The molecule has 26 nitrogen and oxygen atoms in total. The van der Waals surface area contributed by atoms with E-state index in [9.17, 15) is 49.8 Å². The molecule has 4 saturated heterocycles. The van der Waals surface area contributed by atoms with E-state index in [-0.39, 0.29) is 76.5 Å². The predicted molar refractivity (Wildman–Crippen MR) is 353 cm³/mol. The van der Waals surface area contributed by atoms with Gasteiger partial charge in [-0.25, -0.2) is 9.59 Å². The quantitative estimate of drug-likeness (QED) is 0.0229. The highest BCUT2D eigenvalue weighted by Gasteiger charge is 2.52. The molecular weight excluding hydrogens is 1400 g/mol. The number of alkyl carbamates (subject to hydrolysis) is 1. The van der Waals surface area contributed by atoms with Gasteiger partial charge >= 0.3 is 12.1 Å². The van der Waals surface area contributed by atoms with Crippen molar-refractivity contribution in [2.24, 2.45) is 0 Å². The molecule has 0 spiro atoms. The summed E-state index contributed by atoms with van der Waals surface area (Å²) in [5.74, 6) is 10.1. The van der Waals surface area contributed by atoms with Crippen LogP contribution in [0, 0.1) is 34.2 Å². The van der Waals surface area contributed by atoms with Gasteiger partial charge in [-0.2, -0.15) is 5.48 Å². The number of aromatic carboxylic acids is 1. The minimum Gasteiger partial charge on any atom is -0.492 e. The van der Waals surface area contributed by atoms with Crippen LogP contribution in [0.3, 0.4) is 0 Å². The third kappa shape index (κ3) is 17.1. The lowest BCUT2D eigenvalue weighted by Crippen LogP contribution is -2.65. The molecule has 19 atom stereocenters. The Balaban J connectivity index is 1.03. The number of benzene rings is 2. The van der Waals surface area contributed by atoms with Crippen LogP contribution < -0.4 is 30.3 Å². The number of amides is 1. The van der Waals surface area contributed by atoms with Crippen molar-refractivity contribution in [1.29, 1.82) is 0 Å². The van der Waals surface area contributed by atoms with Crippen LogP contribution in [0.1, 0.15) is 92.6 Å². The topological polar surface area (TPSA) is 346 Å². The lowest BCUT2D eigenvalue weighted by molar-refractivity contribution is -0.336. The predicted octanol–water partition coefficient (Wildman–Crippen LogP) is 4.55. The first-order chi connectivity index (χ1) is 44.7. The van der Waals surface area contributed by atoms with Gasteiger partial charge in [0, 0.05) is 48.7 Å². The largest absolute Gasteiger partial charge is 0.492 e. The van der Waals surface area contributed by atoms with Gasteiger partial charge in [0.1, 0.15) is 36.6 Å². The lowest BCUT2D eigenvalue weighted by atomic mass is 9.75. The fourth-order valence-corrected chi connectivity index (χ4v) is 15.9. The number of Topliss-reactive ketones (excluding diaryl/α,β-unsaturated/α-hetero) is 1. The van der Waals surface area contributed by atoms with Gasteiger partial charge in [0.25, 0.3) is 0 Å². The molecule has 9 N–H and O–H groups in total. The molecule has 6 aliphatic rings. The Hall–Kier alpha value is -4.60. The molecule has 1 amide bonds. The molecule has 516 valence electrons. The number of ether oxygens (including phenoxy) is 12. The highest BCUT2D eigenvalue weighted by Crippen LogP contribution is 2.50. The van der Waals surface area contributed by atoms with Crippen molar-refractivity contribution in [3.05, 3.63) is 85.2 Å². The van der Waals surface area contributed by atoms with E-state index < -0.39 is 143 Å². The number of halogens is 1. The summed E-state index contributed by atoms with van der Waals surface area (Å²) in [7, 11) is 9.60. The first-order valence-corrected chi connectivity index (χ1v) is 34.5. The monoisotopic (exact) mass is 1480 g/mol. The maximum absolute atomic E-state index is 14.5. The average Bonchev–Trinajstić information content (AvgIpc) is 0.761. The summed E-state index contributed by atoms with van der Waals surface area (Å²) in [6.07, 6.45) is -14.6. The maximum Gasteiger partial charge on any atom is 0.411 e. The van der Waals surface area contributed by atoms with Gasteiger partial charge in [0.2, 0.25) is 17.2 Å². The van der Waals surface area contributed by atoms with Crippen molar-refractivity contribution < 1.29 is 111 Å². The van der Waals surface area contributed by atoms with Crippen LogP contribution in [0.2, 0.25) is 0 Å². The minimum absolute atomic E-state index is 0.0136. The highest BCUT2D eigenvalue weighted by molar-refractivity contribution is 14.1. The Labute approximate surface area is 571 Å². The molecule has 0 aromatic heterocycles. The van der Waals surface area contributed by atoms with Crippen molar-refractivity contribution in [3.63, 3.8) is 0 Å². The molecule has 0 saturated carbocycles. The number of aliphatic hydroxyl groups excluding tert-OH is 4. The number of thioether (sulfide) groups is 1. The number of likely N-dealkylation sites (N-methyl/N-ethyl adjacent to an activating group) is 1. The molecule has 2 aromatic rings. The van der Waals surface area contributed by atoms with Crippen molar-refractivity contribution in [3.8, 4) is 40.9 Å². The number of aliphatic hydroxyl groups is 5. The summed E-state index contributed by atoms with van der Waals surface area (Å²) in [5, 5.41) is 72.7. The molecule has 0 unspecified atom stereocenters. The summed E-state index contributed by atoms with van der Waals surface area (Å²) in [6, 6.07) is 5.20. The second-order valence-electron chi connectivity index (χ2n) is 23.3. The number of carboxylic acid groups (broad SMARTS) is 1. The molecule has 2 aromatic carbocycles. The van der Waals surface area contributed by atoms with Crippen molar-refractivity contribution in [1.82, 2.24) is 16.1 Å². The first-order valence-electron chi connectivity index (χ1n) is 30.3. The van der Waals surface area contributed by atoms with E-state index in [1.807, 2.05) is 43.4 Å². The number of carbonyl (C=O) groups is 4. The molecule has 30 heteroatoms. The summed E-state index contributed by atoms with van der Waals surface area (Å²) < 4.78 is 72.3. The van der Waals surface area contributed by atoms with Crippen LogP contribution in [0.5, 0.6) is 17.2 Å². The SMILES string of the molecule is CCN[C@H]1CO[C@@H](O[C@H]2[C@H](O[C@H]3C#CC=CC#C[C@]4(O)CC(=O)C(NC(=O)OC)=C3/C4=C\CSSC(C)(C)c3ccc(C(=O)O)cc3)O[C@H](C)[C@@H](NO[C@H]3C[C@H](O)[C@H](SC(=O)c4c(C)c(I)c(O[C@@H]5O[C@@H](C)[C@H](O)[C@@H](OC)[C@H]5O)c(OC)c4OC)[C@@H](C)O3)[C@@H]2O)C[C@@H]1OC. The number of hydrogen-bond acceptors (Lipinski definition) is 27. The first kappa shape index (κ1) is 75.2. The second-order valence-corrected chi connectivity index (χ2v) is 28.5. The number of fused-ring (bicyclic) bond motifs is 2. The Kier molecular flexibility index (Phi) is 26.6. The van der Waals surface area contributed by atoms with Crippen LogP contribution in [0.4, 0.5) is 4.79 Å². The normalized spacial score (nSPS) is 33.1. The van der Waals surface area contributed by atoms with E-state index >= 15 is 0 Å². The molecule has 0 radical (unpaired) electrons. The molecule has 4 heterocycles. The van der Waals surface area contributed by atoms with Crippen LogP contribution in [-0.4, -0.2) is 223 Å². The zero-order valence-electron chi connectivity index (χ0n) is 53.9. The number of carbonyl (C=O) groups excluding carboxylic acids is 3. The van der Waals surface area contributed by atoms with Crippen molar-refractivity contribution in [2.75, 3.05) is 54.5 Å². The Bertz CT molecular complexity index is 3270. The molecule has 8 rings (SSSR count). The van der Waals surface area contributed by atoms with Crippen molar-refractivity contribution >= 4 is 78.9 Å². The minimum atomic E-state index is -2.16. The van der Waals surface area contributed by atoms with E-state index in [1.54, 1.807) is 53.0 Å². The molecule has 2 aliphatic carbocycles. The van der Waals surface area contributed by atoms with Gasteiger partial charge in [-0.05, 0) is 106 Å². The summed E-state index contributed by atoms with van der Waals surface area (Å²) in [5.41, 5.74) is 1.95. The molecule has 4 aliphatic heterocycles. The fourth-order valence-electron chi connectivity index (χ4n) is 11.7. The van der Waals surface area contributed by atoms with E-state index in [0.29, 0.717) is 15.7 Å². The van der Waals surface area contributed by atoms with Crippen LogP contribution >= 0.6 is 55.9 Å². The number of hydrogen-bond donors (Lipinski definition) is 9. The van der Waals surface area contributed by atoms with E-state index in [0.717, 1.165) is 24.4 Å². The third-order valence-electron chi connectivity index (χ3n) is 16.7. The van der Waals surface area contributed by atoms with Crippen LogP contribution in [-0.2, 0) is 57.0 Å². The molecule has 4 fully saturated rings. The fraction of sp³-hybridized carbons (Fsp3) is 0.594.